The summed E-state index contributed by atoms with van der Waals surface area (Å²) in [6.07, 6.45) is 1.57. The fourth-order valence-corrected chi connectivity index (χ4v) is 2.10. The first-order chi connectivity index (χ1) is 9.60. The van der Waals surface area contributed by atoms with Gasteiger partial charge in [-0.05, 0) is 51.8 Å². The van der Waals surface area contributed by atoms with Crippen molar-refractivity contribution in [2.24, 2.45) is 10.9 Å². The van der Waals surface area contributed by atoms with E-state index in [1.807, 2.05) is 0 Å². The molecule has 0 saturated heterocycles. The van der Waals surface area contributed by atoms with Crippen LogP contribution in [-0.2, 0) is 6.54 Å². The number of benzene rings is 1. The largest absolute Gasteiger partial charge is 0.409 e. The summed E-state index contributed by atoms with van der Waals surface area (Å²) < 4.78 is 13.6. The topological polar surface area (TPSA) is 83.5 Å². The normalized spacial score (nSPS) is 11.4. The van der Waals surface area contributed by atoms with E-state index < -0.39 is 0 Å². The van der Waals surface area contributed by atoms with E-state index in [2.05, 4.69) is 31.4 Å². The first kappa shape index (κ1) is 14.3. The average molecular weight is 339 g/mol. The minimum Gasteiger partial charge on any atom is -0.409 e. The Hall–Kier alpha value is -2.15. The standard InChI is InChI=1S/C13H12BrFN4O/c14-10-6-9(15)1-2-11(10)18-7-8-3-4-17-12(5-8)13(16)19-20/h1-6,18,20H,7H2,(H2,16,19). The van der Waals surface area contributed by atoms with Gasteiger partial charge >= 0.3 is 0 Å². The zero-order valence-corrected chi connectivity index (χ0v) is 11.9. The number of halogens is 2. The van der Waals surface area contributed by atoms with Gasteiger partial charge in [0.05, 0.1) is 0 Å². The van der Waals surface area contributed by atoms with Crippen molar-refractivity contribution in [1.29, 1.82) is 0 Å². The molecule has 0 bridgehead atoms. The van der Waals surface area contributed by atoms with Gasteiger partial charge < -0.3 is 16.3 Å². The lowest BCUT2D eigenvalue weighted by Gasteiger charge is -2.09. The van der Waals surface area contributed by atoms with Gasteiger partial charge in [-0.1, -0.05) is 5.16 Å². The molecule has 0 aliphatic carbocycles. The van der Waals surface area contributed by atoms with Crippen LogP contribution in [0.15, 0.2) is 46.2 Å². The Kier molecular flexibility index (Phi) is 4.52. The minimum absolute atomic E-state index is 0.0465. The summed E-state index contributed by atoms with van der Waals surface area (Å²) in [7, 11) is 0. The van der Waals surface area contributed by atoms with E-state index in [1.54, 1.807) is 24.4 Å². The van der Waals surface area contributed by atoms with E-state index in [0.29, 0.717) is 16.7 Å². The molecule has 0 aliphatic heterocycles. The number of anilines is 1. The summed E-state index contributed by atoms with van der Waals surface area (Å²) in [5.41, 5.74) is 7.55. The van der Waals surface area contributed by atoms with Gasteiger partial charge in [0.15, 0.2) is 5.84 Å². The van der Waals surface area contributed by atoms with E-state index in [0.717, 1.165) is 11.3 Å². The molecule has 0 radical (unpaired) electrons. The zero-order valence-electron chi connectivity index (χ0n) is 10.3. The van der Waals surface area contributed by atoms with Gasteiger partial charge in [0.2, 0.25) is 0 Å². The van der Waals surface area contributed by atoms with Crippen molar-refractivity contribution in [3.63, 3.8) is 0 Å². The van der Waals surface area contributed by atoms with Crippen LogP contribution in [0, 0.1) is 5.82 Å². The number of amidine groups is 1. The Bertz CT molecular complexity index is 648. The lowest BCUT2D eigenvalue weighted by atomic mass is 10.2. The Morgan fingerprint density at radius 2 is 2.20 bits per heavy atom. The zero-order chi connectivity index (χ0) is 14.5. The van der Waals surface area contributed by atoms with Crippen molar-refractivity contribution >= 4 is 27.5 Å². The second-order valence-electron chi connectivity index (χ2n) is 4.01. The molecule has 0 amide bonds. The van der Waals surface area contributed by atoms with Crippen LogP contribution in [0.25, 0.3) is 0 Å². The molecule has 0 spiro atoms. The second kappa shape index (κ2) is 6.33. The predicted molar refractivity (Wildman–Crippen MR) is 78.2 cm³/mol. The molecule has 0 aliphatic rings. The third-order valence-electron chi connectivity index (χ3n) is 2.61. The molecule has 1 aromatic carbocycles. The molecule has 5 nitrogen and oxygen atoms in total. The van der Waals surface area contributed by atoms with E-state index in [-0.39, 0.29) is 11.7 Å². The van der Waals surface area contributed by atoms with Crippen molar-refractivity contribution in [3.05, 3.63) is 58.1 Å². The van der Waals surface area contributed by atoms with Crippen molar-refractivity contribution in [3.8, 4) is 0 Å². The van der Waals surface area contributed by atoms with E-state index >= 15 is 0 Å². The van der Waals surface area contributed by atoms with Crippen molar-refractivity contribution in [2.75, 3.05) is 5.32 Å². The van der Waals surface area contributed by atoms with Crippen molar-refractivity contribution < 1.29 is 9.60 Å². The Labute approximate surface area is 123 Å². The maximum atomic E-state index is 13.0. The molecular formula is C13H12BrFN4O. The SMILES string of the molecule is NC(=NO)c1cc(CNc2ccc(F)cc2Br)ccn1. The highest BCUT2D eigenvalue weighted by atomic mass is 79.9. The van der Waals surface area contributed by atoms with Crippen LogP contribution in [0.4, 0.5) is 10.1 Å². The van der Waals surface area contributed by atoms with Crippen LogP contribution in [-0.4, -0.2) is 16.0 Å². The highest BCUT2D eigenvalue weighted by molar-refractivity contribution is 9.10. The number of hydrogen-bond acceptors (Lipinski definition) is 4. The van der Waals surface area contributed by atoms with Gasteiger partial charge in [-0.3, -0.25) is 4.98 Å². The summed E-state index contributed by atoms with van der Waals surface area (Å²) in [6, 6.07) is 7.92. The molecule has 4 N–H and O–H groups in total. The number of aromatic nitrogens is 1. The van der Waals surface area contributed by atoms with Crippen LogP contribution in [0.3, 0.4) is 0 Å². The first-order valence-corrected chi connectivity index (χ1v) is 6.51. The number of rotatable bonds is 4. The Morgan fingerprint density at radius 3 is 2.90 bits per heavy atom. The van der Waals surface area contributed by atoms with E-state index in [9.17, 15) is 4.39 Å². The summed E-state index contributed by atoms with van der Waals surface area (Å²) in [5, 5.41) is 14.7. The molecule has 1 heterocycles. The van der Waals surface area contributed by atoms with Gasteiger partial charge in [-0.2, -0.15) is 0 Å². The van der Waals surface area contributed by atoms with E-state index in [1.165, 1.54) is 12.1 Å². The monoisotopic (exact) mass is 338 g/mol. The molecule has 104 valence electrons. The fourth-order valence-electron chi connectivity index (χ4n) is 1.61. The number of nitrogens with zero attached hydrogens (tertiary/aromatic N) is 2. The van der Waals surface area contributed by atoms with Gasteiger partial charge in [-0.15, -0.1) is 0 Å². The molecule has 0 unspecified atom stereocenters. The maximum Gasteiger partial charge on any atom is 0.188 e. The fraction of sp³-hybridized carbons (Fsp3) is 0.0769. The van der Waals surface area contributed by atoms with Crippen LogP contribution in [0.1, 0.15) is 11.3 Å². The Morgan fingerprint density at radius 1 is 1.40 bits per heavy atom. The Balaban J connectivity index is 2.11. The molecule has 20 heavy (non-hydrogen) atoms. The quantitative estimate of drug-likeness (QED) is 0.346. The van der Waals surface area contributed by atoms with Crippen LogP contribution < -0.4 is 11.1 Å². The lowest BCUT2D eigenvalue weighted by molar-refractivity contribution is 0.318. The van der Waals surface area contributed by atoms with Gasteiger partial charge in [0.25, 0.3) is 0 Å². The molecule has 1 aromatic heterocycles. The molecule has 0 fully saturated rings. The smallest absolute Gasteiger partial charge is 0.188 e. The third kappa shape index (κ3) is 3.45. The van der Waals surface area contributed by atoms with Crippen molar-refractivity contribution in [2.45, 2.75) is 6.54 Å². The summed E-state index contributed by atoms with van der Waals surface area (Å²) in [5.74, 6) is -0.352. The molecule has 2 aromatic rings. The van der Waals surface area contributed by atoms with Gasteiger partial charge in [0, 0.05) is 22.9 Å². The molecular weight excluding hydrogens is 327 g/mol. The van der Waals surface area contributed by atoms with Crippen LogP contribution in [0.5, 0.6) is 0 Å². The second-order valence-corrected chi connectivity index (χ2v) is 4.87. The number of nitrogens with one attached hydrogen (secondary N) is 1. The molecule has 2 rings (SSSR count). The van der Waals surface area contributed by atoms with Gasteiger partial charge in [-0.25, -0.2) is 4.39 Å². The maximum absolute atomic E-state index is 13.0. The van der Waals surface area contributed by atoms with Crippen molar-refractivity contribution in [1.82, 2.24) is 4.98 Å². The summed E-state index contributed by atoms with van der Waals surface area (Å²) in [4.78, 5) is 3.99. The number of nitrogens with two attached hydrogens (primary N) is 1. The number of oxime groups is 1. The van der Waals surface area contributed by atoms with Gasteiger partial charge in [0.1, 0.15) is 11.5 Å². The first-order valence-electron chi connectivity index (χ1n) is 5.72. The predicted octanol–water partition coefficient (Wildman–Crippen LogP) is 2.69. The highest BCUT2D eigenvalue weighted by Crippen LogP contribution is 2.23. The molecule has 0 atom stereocenters. The summed E-state index contributed by atoms with van der Waals surface area (Å²) in [6.45, 7) is 0.498. The minimum atomic E-state index is -0.305. The average Bonchev–Trinajstić information content (AvgIpc) is 2.46. The molecule has 0 saturated carbocycles. The summed E-state index contributed by atoms with van der Waals surface area (Å²) >= 11 is 3.28. The molecule has 7 heteroatoms. The lowest BCUT2D eigenvalue weighted by Crippen LogP contribution is -2.15. The number of hydrogen-bond donors (Lipinski definition) is 3. The van der Waals surface area contributed by atoms with Crippen LogP contribution >= 0.6 is 15.9 Å². The third-order valence-corrected chi connectivity index (χ3v) is 3.26. The highest BCUT2D eigenvalue weighted by Gasteiger charge is 2.04. The number of pyridine rings is 1. The van der Waals surface area contributed by atoms with E-state index in [4.69, 9.17) is 10.9 Å². The van der Waals surface area contributed by atoms with Crippen LogP contribution in [0.2, 0.25) is 0 Å².